The summed E-state index contributed by atoms with van der Waals surface area (Å²) in [5.41, 5.74) is 0. The molecule has 120 valence electrons. The third-order valence-electron chi connectivity index (χ3n) is 4.58. The van der Waals surface area contributed by atoms with Crippen LogP contribution in [0.1, 0.15) is 52.4 Å². The Balaban J connectivity index is 1.65. The molecule has 1 N–H and O–H groups in total. The van der Waals surface area contributed by atoms with Gasteiger partial charge in [-0.1, -0.05) is 32.6 Å². The van der Waals surface area contributed by atoms with Crippen LogP contribution in [-0.4, -0.2) is 29.3 Å². The van der Waals surface area contributed by atoms with E-state index >= 15 is 0 Å². The molecule has 0 radical (unpaired) electrons. The Bertz CT molecular complexity index is 383. The van der Waals surface area contributed by atoms with Gasteiger partial charge in [0.05, 0.1) is 0 Å². The van der Waals surface area contributed by atoms with Crippen molar-refractivity contribution >= 4 is 5.95 Å². The summed E-state index contributed by atoms with van der Waals surface area (Å²) < 4.78 is 7.58. The standard InChI is InChI=1S/C17H31N3O/c1-3-21-14-4-12-20-13-11-19-17(20)18-10-9-16-7-5-15(2)6-8-16/h11,13,15-16H,3-10,12,14H2,1-2H3,(H,18,19). The first-order chi connectivity index (χ1) is 10.3. The number of aromatic nitrogens is 2. The van der Waals surface area contributed by atoms with Crippen molar-refractivity contribution in [2.45, 2.75) is 58.9 Å². The van der Waals surface area contributed by atoms with Gasteiger partial charge in [-0.15, -0.1) is 0 Å². The number of imidazole rings is 1. The van der Waals surface area contributed by atoms with Crippen LogP contribution in [0, 0.1) is 11.8 Å². The second kappa shape index (κ2) is 9.08. The minimum absolute atomic E-state index is 0.801. The van der Waals surface area contributed by atoms with Crippen LogP contribution in [-0.2, 0) is 11.3 Å². The summed E-state index contributed by atoms with van der Waals surface area (Å²) in [5, 5.41) is 3.50. The molecule has 0 atom stereocenters. The molecule has 0 saturated heterocycles. The van der Waals surface area contributed by atoms with E-state index in [1.54, 1.807) is 0 Å². The van der Waals surface area contributed by atoms with E-state index in [1.165, 1.54) is 32.1 Å². The van der Waals surface area contributed by atoms with Gasteiger partial charge in [-0.3, -0.25) is 0 Å². The molecule has 0 amide bonds. The lowest BCUT2D eigenvalue weighted by molar-refractivity contribution is 0.142. The van der Waals surface area contributed by atoms with E-state index in [4.69, 9.17) is 4.74 Å². The van der Waals surface area contributed by atoms with Crippen molar-refractivity contribution in [2.24, 2.45) is 11.8 Å². The zero-order valence-electron chi connectivity index (χ0n) is 13.7. The Labute approximate surface area is 129 Å². The van der Waals surface area contributed by atoms with Crippen LogP contribution in [0.5, 0.6) is 0 Å². The molecule has 1 heterocycles. The number of nitrogens with one attached hydrogen (secondary N) is 1. The first-order valence-electron chi connectivity index (χ1n) is 8.62. The highest BCUT2D eigenvalue weighted by molar-refractivity contribution is 5.25. The summed E-state index contributed by atoms with van der Waals surface area (Å²) in [7, 11) is 0. The lowest BCUT2D eigenvalue weighted by Gasteiger charge is -2.26. The molecule has 0 aliphatic heterocycles. The van der Waals surface area contributed by atoms with E-state index in [-0.39, 0.29) is 0 Å². The summed E-state index contributed by atoms with van der Waals surface area (Å²) in [6.07, 6.45) is 11.9. The number of rotatable bonds is 9. The summed E-state index contributed by atoms with van der Waals surface area (Å²) in [5.74, 6) is 2.86. The SMILES string of the molecule is CCOCCCn1ccnc1NCCC1CCC(C)CC1. The van der Waals surface area contributed by atoms with Crippen LogP contribution < -0.4 is 5.32 Å². The summed E-state index contributed by atoms with van der Waals surface area (Å²) in [6, 6.07) is 0. The van der Waals surface area contributed by atoms with Gasteiger partial charge in [-0.25, -0.2) is 4.98 Å². The highest BCUT2D eigenvalue weighted by Crippen LogP contribution is 2.30. The molecule has 1 fully saturated rings. The Hall–Kier alpha value is -1.03. The zero-order chi connectivity index (χ0) is 14.9. The van der Waals surface area contributed by atoms with E-state index in [0.717, 1.165) is 50.5 Å². The van der Waals surface area contributed by atoms with Gasteiger partial charge in [0, 0.05) is 38.7 Å². The van der Waals surface area contributed by atoms with Crippen molar-refractivity contribution in [1.82, 2.24) is 9.55 Å². The van der Waals surface area contributed by atoms with Gasteiger partial charge in [0.25, 0.3) is 0 Å². The van der Waals surface area contributed by atoms with Crippen LogP contribution in [0.15, 0.2) is 12.4 Å². The maximum absolute atomic E-state index is 5.39. The normalized spacial score (nSPS) is 22.4. The molecule has 0 spiro atoms. The molecule has 1 aromatic rings. The van der Waals surface area contributed by atoms with Gasteiger partial charge in [-0.05, 0) is 31.6 Å². The maximum atomic E-state index is 5.39. The van der Waals surface area contributed by atoms with E-state index in [0.29, 0.717) is 0 Å². The van der Waals surface area contributed by atoms with Crippen molar-refractivity contribution in [3.63, 3.8) is 0 Å². The van der Waals surface area contributed by atoms with Crippen molar-refractivity contribution in [3.8, 4) is 0 Å². The van der Waals surface area contributed by atoms with Gasteiger partial charge in [0.1, 0.15) is 0 Å². The van der Waals surface area contributed by atoms with E-state index < -0.39 is 0 Å². The number of aryl methyl sites for hydroxylation is 1. The fourth-order valence-corrected chi connectivity index (χ4v) is 3.14. The first-order valence-corrected chi connectivity index (χ1v) is 8.62. The fraction of sp³-hybridized carbons (Fsp3) is 0.824. The average molecular weight is 293 g/mol. The quantitative estimate of drug-likeness (QED) is 0.701. The van der Waals surface area contributed by atoms with E-state index in [9.17, 15) is 0 Å². The van der Waals surface area contributed by atoms with Crippen LogP contribution in [0.4, 0.5) is 5.95 Å². The number of ether oxygens (including phenoxy) is 1. The molecule has 1 aliphatic carbocycles. The van der Waals surface area contributed by atoms with Crippen molar-refractivity contribution in [1.29, 1.82) is 0 Å². The summed E-state index contributed by atoms with van der Waals surface area (Å²) in [6.45, 7) is 8.07. The lowest BCUT2D eigenvalue weighted by atomic mass is 9.81. The molecule has 1 saturated carbocycles. The highest BCUT2D eigenvalue weighted by atomic mass is 16.5. The third-order valence-corrected chi connectivity index (χ3v) is 4.58. The van der Waals surface area contributed by atoms with Gasteiger partial charge in [0.15, 0.2) is 0 Å². The van der Waals surface area contributed by atoms with E-state index in [2.05, 4.69) is 28.0 Å². The fourth-order valence-electron chi connectivity index (χ4n) is 3.14. The second-order valence-corrected chi connectivity index (χ2v) is 6.34. The number of hydrogen-bond donors (Lipinski definition) is 1. The van der Waals surface area contributed by atoms with Crippen LogP contribution >= 0.6 is 0 Å². The Morgan fingerprint density at radius 3 is 2.90 bits per heavy atom. The molecule has 0 bridgehead atoms. The molecular formula is C17H31N3O. The summed E-state index contributed by atoms with van der Waals surface area (Å²) >= 11 is 0. The molecule has 4 heteroatoms. The highest BCUT2D eigenvalue weighted by Gasteiger charge is 2.17. The minimum atomic E-state index is 0.801. The smallest absolute Gasteiger partial charge is 0.202 e. The average Bonchev–Trinajstić information content (AvgIpc) is 2.93. The zero-order valence-corrected chi connectivity index (χ0v) is 13.7. The molecular weight excluding hydrogens is 262 g/mol. The van der Waals surface area contributed by atoms with Crippen LogP contribution in [0.25, 0.3) is 0 Å². The summed E-state index contributed by atoms with van der Waals surface area (Å²) in [4.78, 5) is 4.42. The molecule has 21 heavy (non-hydrogen) atoms. The van der Waals surface area contributed by atoms with Crippen molar-refractivity contribution in [2.75, 3.05) is 25.1 Å². The third kappa shape index (κ3) is 5.70. The van der Waals surface area contributed by atoms with Gasteiger partial charge >= 0.3 is 0 Å². The largest absolute Gasteiger partial charge is 0.382 e. The van der Waals surface area contributed by atoms with Crippen LogP contribution in [0.2, 0.25) is 0 Å². The molecule has 1 aliphatic rings. The molecule has 4 nitrogen and oxygen atoms in total. The number of hydrogen-bond acceptors (Lipinski definition) is 3. The molecule has 1 aromatic heterocycles. The van der Waals surface area contributed by atoms with Crippen molar-refractivity contribution in [3.05, 3.63) is 12.4 Å². The number of nitrogens with zero attached hydrogens (tertiary/aromatic N) is 2. The Morgan fingerprint density at radius 2 is 2.14 bits per heavy atom. The van der Waals surface area contributed by atoms with Gasteiger partial charge < -0.3 is 14.6 Å². The predicted molar refractivity (Wildman–Crippen MR) is 87.6 cm³/mol. The second-order valence-electron chi connectivity index (χ2n) is 6.34. The number of anilines is 1. The first kappa shape index (κ1) is 16.3. The van der Waals surface area contributed by atoms with Gasteiger partial charge in [0.2, 0.25) is 5.95 Å². The predicted octanol–water partition coefficient (Wildman–Crippen LogP) is 3.94. The topological polar surface area (TPSA) is 39.1 Å². The maximum Gasteiger partial charge on any atom is 0.202 e. The Kier molecular flexibility index (Phi) is 7.07. The van der Waals surface area contributed by atoms with Crippen molar-refractivity contribution < 1.29 is 4.74 Å². The molecule has 2 rings (SSSR count). The Morgan fingerprint density at radius 1 is 1.33 bits per heavy atom. The minimum Gasteiger partial charge on any atom is -0.382 e. The lowest BCUT2D eigenvalue weighted by Crippen LogP contribution is -2.17. The molecule has 0 aromatic carbocycles. The van der Waals surface area contributed by atoms with Crippen LogP contribution in [0.3, 0.4) is 0 Å². The van der Waals surface area contributed by atoms with E-state index in [1.807, 2.05) is 13.1 Å². The van der Waals surface area contributed by atoms with Gasteiger partial charge in [-0.2, -0.15) is 0 Å². The monoisotopic (exact) mass is 293 g/mol. The molecule has 0 unspecified atom stereocenters.